The number of rotatable bonds is 7. The fourth-order valence-electron chi connectivity index (χ4n) is 3.07. The topological polar surface area (TPSA) is 43.4 Å². The van der Waals surface area contributed by atoms with Crippen molar-refractivity contribution in [3.63, 3.8) is 0 Å². The number of allylic oxidation sites excluding steroid dienone is 2. The standard InChI is InChI=1S/C25H22O3/c1-18(25(27)21-11-7-4-8-12-21)23(19-9-5-3-6-10-19)17-24(26)20-13-15-22(28-2)16-14-20/h3-16H,17H2,1-2H3. The van der Waals surface area contributed by atoms with E-state index >= 15 is 0 Å². The van der Waals surface area contributed by atoms with Crippen LogP contribution in [-0.2, 0) is 0 Å². The minimum absolute atomic E-state index is 0.0401. The smallest absolute Gasteiger partial charge is 0.189 e. The van der Waals surface area contributed by atoms with Gasteiger partial charge in [0.15, 0.2) is 11.6 Å². The summed E-state index contributed by atoms with van der Waals surface area (Å²) in [6.07, 6.45) is 0.154. The van der Waals surface area contributed by atoms with Crippen LogP contribution in [0.5, 0.6) is 5.75 Å². The molecule has 3 aromatic carbocycles. The first kappa shape index (κ1) is 19.3. The van der Waals surface area contributed by atoms with E-state index in [0.717, 1.165) is 11.1 Å². The first-order chi connectivity index (χ1) is 13.6. The largest absolute Gasteiger partial charge is 0.497 e. The van der Waals surface area contributed by atoms with Gasteiger partial charge < -0.3 is 4.74 Å². The molecule has 0 aliphatic rings. The molecule has 0 N–H and O–H groups in total. The van der Waals surface area contributed by atoms with Crippen LogP contribution >= 0.6 is 0 Å². The van der Waals surface area contributed by atoms with Crippen molar-refractivity contribution in [1.82, 2.24) is 0 Å². The number of methoxy groups -OCH3 is 1. The Morgan fingerprint density at radius 1 is 0.714 bits per heavy atom. The van der Waals surface area contributed by atoms with Gasteiger partial charge in [0.05, 0.1) is 7.11 Å². The van der Waals surface area contributed by atoms with E-state index in [0.29, 0.717) is 22.4 Å². The van der Waals surface area contributed by atoms with E-state index in [1.54, 1.807) is 50.4 Å². The van der Waals surface area contributed by atoms with E-state index in [2.05, 4.69) is 0 Å². The average Bonchev–Trinajstić information content (AvgIpc) is 2.77. The molecule has 3 aromatic rings. The molecule has 140 valence electrons. The van der Waals surface area contributed by atoms with E-state index in [1.807, 2.05) is 48.5 Å². The maximum Gasteiger partial charge on any atom is 0.189 e. The number of carbonyl (C=O) groups is 2. The Bertz CT molecular complexity index is 985. The maximum absolute atomic E-state index is 13.0. The third kappa shape index (κ3) is 4.44. The Kier molecular flexibility index (Phi) is 6.18. The second kappa shape index (κ2) is 8.96. The molecule has 0 heterocycles. The van der Waals surface area contributed by atoms with Gasteiger partial charge in [-0.2, -0.15) is 0 Å². The summed E-state index contributed by atoms with van der Waals surface area (Å²) in [4.78, 5) is 25.9. The Labute approximate surface area is 165 Å². The summed E-state index contributed by atoms with van der Waals surface area (Å²) in [5.74, 6) is 0.592. The molecule has 0 aromatic heterocycles. The summed E-state index contributed by atoms with van der Waals surface area (Å²) in [6, 6.07) is 25.8. The molecule has 3 heteroatoms. The molecule has 0 bridgehead atoms. The quantitative estimate of drug-likeness (QED) is 0.400. The number of Topliss-reactive ketones (excluding diaryl/α,β-unsaturated/α-hetero) is 2. The number of hydrogen-bond donors (Lipinski definition) is 0. The van der Waals surface area contributed by atoms with Gasteiger partial charge in [0.25, 0.3) is 0 Å². The van der Waals surface area contributed by atoms with Gasteiger partial charge in [0.1, 0.15) is 5.75 Å². The fraction of sp³-hybridized carbons (Fsp3) is 0.120. The minimum Gasteiger partial charge on any atom is -0.497 e. The zero-order valence-electron chi connectivity index (χ0n) is 16.0. The summed E-state index contributed by atoms with van der Waals surface area (Å²) in [5.41, 5.74) is 3.42. The molecule has 0 saturated carbocycles. The van der Waals surface area contributed by atoms with E-state index in [9.17, 15) is 9.59 Å². The maximum atomic E-state index is 13.0. The molecule has 0 unspecified atom stereocenters. The Balaban J connectivity index is 1.97. The van der Waals surface area contributed by atoms with Crippen molar-refractivity contribution >= 4 is 17.1 Å². The molecular weight excluding hydrogens is 348 g/mol. The number of benzene rings is 3. The number of ketones is 2. The van der Waals surface area contributed by atoms with E-state index in [-0.39, 0.29) is 18.0 Å². The molecule has 3 rings (SSSR count). The van der Waals surface area contributed by atoms with Crippen LogP contribution in [0.25, 0.3) is 5.57 Å². The van der Waals surface area contributed by atoms with Crippen LogP contribution in [0.3, 0.4) is 0 Å². The zero-order chi connectivity index (χ0) is 19.9. The third-order valence-electron chi connectivity index (χ3n) is 4.70. The van der Waals surface area contributed by atoms with E-state index in [1.165, 1.54) is 0 Å². The Morgan fingerprint density at radius 3 is 1.79 bits per heavy atom. The van der Waals surface area contributed by atoms with Crippen LogP contribution in [0.4, 0.5) is 0 Å². The van der Waals surface area contributed by atoms with E-state index < -0.39 is 0 Å². The summed E-state index contributed by atoms with van der Waals surface area (Å²) < 4.78 is 5.15. The monoisotopic (exact) mass is 370 g/mol. The number of hydrogen-bond acceptors (Lipinski definition) is 3. The van der Waals surface area contributed by atoms with Crippen LogP contribution in [0.15, 0.2) is 90.5 Å². The number of carbonyl (C=O) groups excluding carboxylic acids is 2. The zero-order valence-corrected chi connectivity index (χ0v) is 16.0. The average molecular weight is 370 g/mol. The molecule has 28 heavy (non-hydrogen) atoms. The lowest BCUT2D eigenvalue weighted by molar-refractivity contribution is 0.0998. The van der Waals surface area contributed by atoms with Crippen LogP contribution in [0.1, 0.15) is 39.6 Å². The van der Waals surface area contributed by atoms with Gasteiger partial charge in [0, 0.05) is 23.1 Å². The second-order valence-corrected chi connectivity index (χ2v) is 6.49. The highest BCUT2D eigenvalue weighted by Gasteiger charge is 2.18. The molecule has 0 saturated heterocycles. The molecule has 0 fully saturated rings. The van der Waals surface area contributed by atoms with Crippen LogP contribution < -0.4 is 4.74 Å². The Hall–Kier alpha value is -3.46. The molecular formula is C25H22O3. The van der Waals surface area contributed by atoms with Crippen LogP contribution in [-0.4, -0.2) is 18.7 Å². The first-order valence-corrected chi connectivity index (χ1v) is 9.12. The fourth-order valence-corrected chi connectivity index (χ4v) is 3.07. The molecule has 0 aliphatic heterocycles. The van der Waals surface area contributed by atoms with Crippen molar-refractivity contribution in [2.45, 2.75) is 13.3 Å². The molecule has 0 aliphatic carbocycles. The molecule has 3 nitrogen and oxygen atoms in total. The summed E-state index contributed by atoms with van der Waals surface area (Å²) in [6.45, 7) is 1.79. The van der Waals surface area contributed by atoms with Gasteiger partial charge in [-0.15, -0.1) is 0 Å². The molecule has 0 amide bonds. The van der Waals surface area contributed by atoms with Gasteiger partial charge >= 0.3 is 0 Å². The van der Waals surface area contributed by atoms with Crippen molar-refractivity contribution in [3.05, 3.63) is 107 Å². The molecule has 0 atom stereocenters. The van der Waals surface area contributed by atoms with Crippen molar-refractivity contribution in [3.8, 4) is 5.75 Å². The SMILES string of the molecule is COc1ccc(C(=O)CC(=C(C)C(=O)c2ccccc2)c2ccccc2)cc1. The minimum atomic E-state index is -0.0676. The summed E-state index contributed by atoms with van der Waals surface area (Å²) in [7, 11) is 1.59. The highest BCUT2D eigenvalue weighted by atomic mass is 16.5. The van der Waals surface area contributed by atoms with Gasteiger partial charge in [0.2, 0.25) is 0 Å². The molecule has 0 radical (unpaired) electrons. The summed E-state index contributed by atoms with van der Waals surface area (Å²) in [5, 5.41) is 0. The number of ether oxygens (including phenoxy) is 1. The van der Waals surface area contributed by atoms with Gasteiger partial charge in [-0.25, -0.2) is 0 Å². The van der Waals surface area contributed by atoms with Crippen LogP contribution in [0, 0.1) is 0 Å². The lowest BCUT2D eigenvalue weighted by Gasteiger charge is -2.13. The van der Waals surface area contributed by atoms with Crippen molar-refractivity contribution < 1.29 is 14.3 Å². The van der Waals surface area contributed by atoms with Crippen molar-refractivity contribution in [1.29, 1.82) is 0 Å². The van der Waals surface area contributed by atoms with Gasteiger partial charge in [-0.1, -0.05) is 60.7 Å². The highest BCUT2D eigenvalue weighted by Crippen LogP contribution is 2.27. The Morgan fingerprint density at radius 2 is 1.25 bits per heavy atom. The van der Waals surface area contributed by atoms with Gasteiger partial charge in [-0.05, 0) is 42.3 Å². The second-order valence-electron chi connectivity index (χ2n) is 6.49. The van der Waals surface area contributed by atoms with Crippen molar-refractivity contribution in [2.24, 2.45) is 0 Å². The van der Waals surface area contributed by atoms with E-state index in [4.69, 9.17) is 4.74 Å². The lowest BCUT2D eigenvalue weighted by Crippen LogP contribution is -2.08. The predicted molar refractivity (Wildman–Crippen MR) is 112 cm³/mol. The van der Waals surface area contributed by atoms with Gasteiger partial charge in [-0.3, -0.25) is 9.59 Å². The summed E-state index contributed by atoms with van der Waals surface area (Å²) >= 11 is 0. The van der Waals surface area contributed by atoms with Crippen LogP contribution in [0.2, 0.25) is 0 Å². The van der Waals surface area contributed by atoms with Crippen molar-refractivity contribution in [2.75, 3.05) is 7.11 Å². The lowest BCUT2D eigenvalue weighted by atomic mass is 9.90. The third-order valence-corrected chi connectivity index (χ3v) is 4.70. The normalized spacial score (nSPS) is 11.5. The first-order valence-electron chi connectivity index (χ1n) is 9.12. The highest BCUT2D eigenvalue weighted by molar-refractivity contribution is 6.15. The predicted octanol–water partition coefficient (Wildman–Crippen LogP) is 5.62. The molecule has 0 spiro atoms.